The van der Waals surface area contributed by atoms with Gasteiger partial charge in [0.25, 0.3) is 0 Å². The van der Waals surface area contributed by atoms with Gasteiger partial charge in [0.2, 0.25) is 5.91 Å². The molecule has 0 atom stereocenters. The van der Waals surface area contributed by atoms with Crippen LogP contribution in [0.2, 0.25) is 5.02 Å². The van der Waals surface area contributed by atoms with E-state index in [9.17, 15) is 14.4 Å². The van der Waals surface area contributed by atoms with Crippen LogP contribution in [0.3, 0.4) is 0 Å². The number of carbonyl (C=O) groups is 3. The van der Waals surface area contributed by atoms with Gasteiger partial charge in [0.05, 0.1) is 23.4 Å². The number of hydrogen-bond donors (Lipinski definition) is 2. The van der Waals surface area contributed by atoms with Crippen molar-refractivity contribution in [3.63, 3.8) is 0 Å². The molecule has 1 aliphatic carbocycles. The zero-order chi connectivity index (χ0) is 14.7. The van der Waals surface area contributed by atoms with Crippen LogP contribution in [0, 0.1) is 5.92 Å². The van der Waals surface area contributed by atoms with Crippen LogP contribution in [0.4, 0.5) is 10.5 Å². The molecule has 0 bridgehead atoms. The van der Waals surface area contributed by atoms with Crippen LogP contribution >= 0.6 is 11.6 Å². The number of halogens is 1. The lowest BCUT2D eigenvalue weighted by Crippen LogP contribution is -2.35. The molecule has 0 spiro atoms. The second-order valence-corrected chi connectivity index (χ2v) is 4.81. The molecule has 2 rings (SSSR count). The number of esters is 1. The third kappa shape index (κ3) is 3.48. The van der Waals surface area contributed by atoms with Crippen molar-refractivity contribution in [2.75, 3.05) is 12.4 Å². The summed E-state index contributed by atoms with van der Waals surface area (Å²) in [6.45, 7) is 0. The lowest BCUT2D eigenvalue weighted by atomic mass is 10.2. The normalized spacial score (nSPS) is 13.5. The van der Waals surface area contributed by atoms with Crippen molar-refractivity contribution in [2.45, 2.75) is 12.8 Å². The lowest BCUT2D eigenvalue weighted by molar-refractivity contribution is -0.121. The Labute approximate surface area is 120 Å². The summed E-state index contributed by atoms with van der Waals surface area (Å²) in [6.07, 6.45) is 1.61. The number of imide groups is 1. The zero-order valence-electron chi connectivity index (χ0n) is 10.7. The molecule has 1 aliphatic rings. The molecule has 2 N–H and O–H groups in total. The van der Waals surface area contributed by atoms with Crippen LogP contribution in [-0.4, -0.2) is 25.0 Å². The summed E-state index contributed by atoms with van der Waals surface area (Å²) in [7, 11) is 1.26. The maximum Gasteiger partial charge on any atom is 0.337 e. The van der Waals surface area contributed by atoms with E-state index in [0.29, 0.717) is 0 Å². The molecule has 1 aromatic carbocycles. The highest BCUT2D eigenvalue weighted by Crippen LogP contribution is 2.29. The van der Waals surface area contributed by atoms with E-state index in [1.54, 1.807) is 0 Å². The fourth-order valence-electron chi connectivity index (χ4n) is 1.58. The number of ether oxygens (including phenoxy) is 1. The minimum atomic E-state index is -0.675. The van der Waals surface area contributed by atoms with Gasteiger partial charge in [-0.25, -0.2) is 9.59 Å². The highest BCUT2D eigenvalue weighted by Gasteiger charge is 2.30. The van der Waals surface area contributed by atoms with Crippen molar-refractivity contribution in [3.05, 3.63) is 28.8 Å². The molecule has 6 nitrogen and oxygen atoms in total. The number of urea groups is 1. The average molecular weight is 297 g/mol. The highest BCUT2D eigenvalue weighted by molar-refractivity contribution is 6.34. The first-order chi connectivity index (χ1) is 9.51. The highest BCUT2D eigenvalue weighted by atomic mass is 35.5. The number of anilines is 1. The van der Waals surface area contributed by atoms with Gasteiger partial charge >= 0.3 is 12.0 Å². The molecule has 106 valence electrons. The molecule has 0 unspecified atom stereocenters. The van der Waals surface area contributed by atoms with Crippen molar-refractivity contribution in [3.8, 4) is 0 Å². The SMILES string of the molecule is COC(=O)c1ccc(Cl)c(NC(=O)NC(=O)C2CC2)c1. The van der Waals surface area contributed by atoms with Crippen LogP contribution < -0.4 is 10.6 Å². The standard InChI is InChI=1S/C13H13ClN2O4/c1-20-12(18)8-4-5-9(14)10(6-8)15-13(19)16-11(17)7-2-3-7/h4-7H,2-3H2,1H3,(H2,15,16,17,19). The average Bonchev–Trinajstić information content (AvgIpc) is 3.24. The van der Waals surface area contributed by atoms with E-state index in [1.807, 2.05) is 0 Å². The third-order valence-electron chi connectivity index (χ3n) is 2.82. The van der Waals surface area contributed by atoms with Crippen LogP contribution in [0.25, 0.3) is 0 Å². The van der Waals surface area contributed by atoms with E-state index in [4.69, 9.17) is 11.6 Å². The van der Waals surface area contributed by atoms with Gasteiger partial charge in [0.1, 0.15) is 0 Å². The van der Waals surface area contributed by atoms with E-state index in [2.05, 4.69) is 15.4 Å². The predicted octanol–water partition coefficient (Wildman–Crippen LogP) is 2.18. The minimum absolute atomic E-state index is 0.0716. The Morgan fingerprint density at radius 2 is 2.00 bits per heavy atom. The molecule has 3 amide bonds. The molecule has 0 aromatic heterocycles. The minimum Gasteiger partial charge on any atom is -0.465 e. The Hall–Kier alpha value is -2.08. The fraction of sp³-hybridized carbons (Fsp3) is 0.308. The summed E-state index contributed by atoms with van der Waals surface area (Å²) in [6, 6.07) is 3.65. The van der Waals surface area contributed by atoms with Gasteiger partial charge < -0.3 is 10.1 Å². The summed E-state index contributed by atoms with van der Waals surface area (Å²) >= 11 is 5.92. The molecule has 1 aromatic rings. The van der Waals surface area contributed by atoms with Crippen LogP contribution in [0.15, 0.2) is 18.2 Å². The molecule has 0 aliphatic heterocycles. The number of rotatable bonds is 3. The van der Waals surface area contributed by atoms with Gasteiger partial charge in [0.15, 0.2) is 0 Å². The van der Waals surface area contributed by atoms with E-state index in [0.717, 1.165) is 12.8 Å². The third-order valence-corrected chi connectivity index (χ3v) is 3.15. The fourth-order valence-corrected chi connectivity index (χ4v) is 1.74. The summed E-state index contributed by atoms with van der Waals surface area (Å²) in [5.74, 6) is -0.917. The summed E-state index contributed by atoms with van der Waals surface area (Å²) in [5.41, 5.74) is 0.483. The summed E-state index contributed by atoms with van der Waals surface area (Å²) in [5, 5.41) is 4.91. The first-order valence-electron chi connectivity index (χ1n) is 6.01. The maximum atomic E-state index is 11.6. The molecule has 20 heavy (non-hydrogen) atoms. The van der Waals surface area contributed by atoms with Crippen molar-refractivity contribution < 1.29 is 19.1 Å². The zero-order valence-corrected chi connectivity index (χ0v) is 11.5. The Morgan fingerprint density at radius 3 is 2.60 bits per heavy atom. The number of hydrogen-bond acceptors (Lipinski definition) is 4. The van der Waals surface area contributed by atoms with Gasteiger partial charge in [-0.2, -0.15) is 0 Å². The lowest BCUT2D eigenvalue weighted by Gasteiger charge is -2.09. The van der Waals surface area contributed by atoms with Gasteiger partial charge in [-0.05, 0) is 31.0 Å². The molecule has 1 saturated carbocycles. The Balaban J connectivity index is 2.05. The Bertz CT molecular complexity index is 569. The number of benzene rings is 1. The molecule has 0 heterocycles. The van der Waals surface area contributed by atoms with Crippen molar-refractivity contribution in [1.82, 2.24) is 5.32 Å². The molecular weight excluding hydrogens is 284 g/mol. The second kappa shape index (κ2) is 5.92. The van der Waals surface area contributed by atoms with Crippen LogP contribution in [-0.2, 0) is 9.53 Å². The van der Waals surface area contributed by atoms with Gasteiger partial charge in [-0.1, -0.05) is 11.6 Å². The molecule has 0 radical (unpaired) electrons. The van der Waals surface area contributed by atoms with Gasteiger partial charge in [-0.3, -0.25) is 10.1 Å². The van der Waals surface area contributed by atoms with Crippen molar-refractivity contribution >= 4 is 35.2 Å². The van der Waals surface area contributed by atoms with Crippen molar-refractivity contribution in [1.29, 1.82) is 0 Å². The van der Waals surface area contributed by atoms with Gasteiger partial charge in [-0.15, -0.1) is 0 Å². The second-order valence-electron chi connectivity index (χ2n) is 4.40. The number of carbonyl (C=O) groups excluding carboxylic acids is 3. The largest absolute Gasteiger partial charge is 0.465 e. The van der Waals surface area contributed by atoms with Crippen LogP contribution in [0.1, 0.15) is 23.2 Å². The Morgan fingerprint density at radius 1 is 1.30 bits per heavy atom. The van der Waals surface area contributed by atoms with E-state index in [-0.39, 0.29) is 28.1 Å². The quantitative estimate of drug-likeness (QED) is 0.837. The van der Waals surface area contributed by atoms with Crippen LogP contribution in [0.5, 0.6) is 0 Å². The summed E-state index contributed by atoms with van der Waals surface area (Å²) < 4.78 is 4.58. The molecule has 0 saturated heterocycles. The molecule has 1 fully saturated rings. The van der Waals surface area contributed by atoms with E-state index < -0.39 is 12.0 Å². The first-order valence-corrected chi connectivity index (χ1v) is 6.38. The van der Waals surface area contributed by atoms with Gasteiger partial charge in [0, 0.05) is 5.92 Å². The van der Waals surface area contributed by atoms with E-state index >= 15 is 0 Å². The monoisotopic (exact) mass is 296 g/mol. The number of nitrogens with one attached hydrogen (secondary N) is 2. The van der Waals surface area contributed by atoms with Crippen molar-refractivity contribution in [2.24, 2.45) is 5.92 Å². The topological polar surface area (TPSA) is 84.5 Å². The number of amides is 3. The predicted molar refractivity (Wildman–Crippen MR) is 72.7 cm³/mol. The Kier molecular flexibility index (Phi) is 4.24. The smallest absolute Gasteiger partial charge is 0.337 e. The molecular formula is C13H13ClN2O4. The summed E-state index contributed by atoms with van der Waals surface area (Å²) in [4.78, 5) is 34.5. The number of methoxy groups -OCH3 is 1. The maximum absolute atomic E-state index is 11.6. The molecule has 7 heteroatoms. The first kappa shape index (κ1) is 14.3. The van der Waals surface area contributed by atoms with E-state index in [1.165, 1.54) is 25.3 Å².